The Morgan fingerprint density at radius 3 is 2.73 bits per heavy atom. The number of likely N-dealkylation sites (N-methyl/N-ethyl adjacent to an activating group) is 1. The van der Waals surface area contributed by atoms with Crippen LogP contribution in [-0.4, -0.2) is 28.3 Å². The first-order chi connectivity index (χ1) is 6.97. The van der Waals surface area contributed by atoms with Gasteiger partial charge in [0.2, 0.25) is 5.91 Å². The number of aromatic nitrogens is 2. The van der Waals surface area contributed by atoms with E-state index in [1.807, 2.05) is 27.0 Å². The van der Waals surface area contributed by atoms with Crippen molar-refractivity contribution in [2.45, 2.75) is 25.9 Å². The van der Waals surface area contributed by atoms with Gasteiger partial charge in [0, 0.05) is 13.2 Å². The maximum Gasteiger partial charge on any atom is 0.240 e. The van der Waals surface area contributed by atoms with Gasteiger partial charge in [0.15, 0.2) is 0 Å². The van der Waals surface area contributed by atoms with Gasteiger partial charge in [-0.1, -0.05) is 0 Å². The Balaban J connectivity index is 2.52. The van der Waals surface area contributed by atoms with Gasteiger partial charge in [-0.3, -0.25) is 9.48 Å². The van der Waals surface area contributed by atoms with E-state index in [2.05, 4.69) is 15.7 Å². The Bertz CT molecular complexity index is 343. The molecular formula is C10H18N4O. The summed E-state index contributed by atoms with van der Waals surface area (Å²) in [6, 6.07) is 1.88. The highest BCUT2D eigenvalue weighted by molar-refractivity contribution is 5.85. The topological polar surface area (TPSA) is 59.0 Å². The molecule has 84 valence electrons. The summed E-state index contributed by atoms with van der Waals surface area (Å²) in [7, 11) is 3.62. The van der Waals surface area contributed by atoms with Gasteiger partial charge in [0.1, 0.15) is 0 Å². The number of aryl methyl sites for hydroxylation is 1. The predicted octanol–water partition coefficient (Wildman–Crippen LogP) is 0.0343. The Morgan fingerprint density at radius 1 is 1.60 bits per heavy atom. The lowest BCUT2D eigenvalue weighted by Gasteiger charge is -2.22. The number of nitrogens with zero attached hydrogens (tertiary/aromatic N) is 2. The van der Waals surface area contributed by atoms with Crippen LogP contribution in [-0.2, 0) is 18.4 Å². The van der Waals surface area contributed by atoms with E-state index in [9.17, 15) is 4.79 Å². The van der Waals surface area contributed by atoms with Gasteiger partial charge in [-0.25, -0.2) is 0 Å². The summed E-state index contributed by atoms with van der Waals surface area (Å²) in [4.78, 5) is 11.7. The van der Waals surface area contributed by atoms with E-state index in [4.69, 9.17) is 0 Å². The number of carbonyl (C=O) groups is 1. The van der Waals surface area contributed by atoms with Crippen LogP contribution < -0.4 is 10.6 Å². The summed E-state index contributed by atoms with van der Waals surface area (Å²) in [6.45, 7) is 4.18. The largest absolute Gasteiger partial charge is 0.349 e. The molecule has 0 aromatic carbocycles. The molecule has 1 aromatic heterocycles. The first-order valence-corrected chi connectivity index (χ1v) is 4.91. The van der Waals surface area contributed by atoms with Crippen molar-refractivity contribution in [3.63, 3.8) is 0 Å². The molecule has 15 heavy (non-hydrogen) atoms. The van der Waals surface area contributed by atoms with Crippen LogP contribution >= 0.6 is 0 Å². The molecule has 0 spiro atoms. The highest BCUT2D eigenvalue weighted by Gasteiger charge is 2.24. The number of carbonyl (C=O) groups excluding carboxylic acids is 1. The molecule has 0 atom stereocenters. The van der Waals surface area contributed by atoms with Crippen molar-refractivity contribution in [2.24, 2.45) is 7.05 Å². The maximum absolute atomic E-state index is 11.7. The second kappa shape index (κ2) is 4.44. The van der Waals surface area contributed by atoms with Gasteiger partial charge >= 0.3 is 0 Å². The summed E-state index contributed by atoms with van der Waals surface area (Å²) >= 11 is 0. The third kappa shape index (κ3) is 2.79. The molecule has 0 aliphatic carbocycles. The molecule has 0 fully saturated rings. The van der Waals surface area contributed by atoms with E-state index in [0.717, 1.165) is 5.69 Å². The van der Waals surface area contributed by atoms with Crippen LogP contribution in [0.2, 0.25) is 0 Å². The molecule has 5 heteroatoms. The summed E-state index contributed by atoms with van der Waals surface area (Å²) in [5, 5.41) is 9.83. The summed E-state index contributed by atoms with van der Waals surface area (Å²) in [5.41, 5.74) is 0.439. The molecule has 1 heterocycles. The molecular weight excluding hydrogens is 192 g/mol. The molecule has 5 nitrogen and oxygen atoms in total. The lowest BCUT2D eigenvalue weighted by Crippen LogP contribution is -2.50. The number of hydrogen-bond acceptors (Lipinski definition) is 3. The number of rotatable bonds is 4. The minimum atomic E-state index is -0.543. The first kappa shape index (κ1) is 11.7. The van der Waals surface area contributed by atoms with Crippen molar-refractivity contribution in [3.8, 4) is 0 Å². The molecule has 0 aliphatic rings. The van der Waals surface area contributed by atoms with Crippen molar-refractivity contribution in [2.75, 3.05) is 7.05 Å². The SMILES string of the molecule is CNC(C)(C)C(=O)NCc1ccnn1C. The maximum atomic E-state index is 11.7. The standard InChI is InChI=1S/C10H18N4O/c1-10(2,11-3)9(15)12-7-8-5-6-13-14(8)4/h5-6,11H,7H2,1-4H3,(H,12,15). The van der Waals surface area contributed by atoms with E-state index in [1.54, 1.807) is 17.9 Å². The highest BCUT2D eigenvalue weighted by atomic mass is 16.2. The van der Waals surface area contributed by atoms with Crippen molar-refractivity contribution in [3.05, 3.63) is 18.0 Å². The van der Waals surface area contributed by atoms with Crippen LogP contribution in [0.25, 0.3) is 0 Å². The minimum Gasteiger partial charge on any atom is -0.349 e. The molecule has 1 rings (SSSR count). The quantitative estimate of drug-likeness (QED) is 0.737. The molecule has 0 unspecified atom stereocenters. The molecule has 1 aromatic rings. The average Bonchev–Trinajstić information content (AvgIpc) is 2.60. The van der Waals surface area contributed by atoms with Crippen LogP contribution in [0.4, 0.5) is 0 Å². The Hall–Kier alpha value is -1.36. The number of nitrogens with one attached hydrogen (secondary N) is 2. The van der Waals surface area contributed by atoms with Gasteiger partial charge in [-0.05, 0) is 27.0 Å². The number of hydrogen-bond donors (Lipinski definition) is 2. The van der Waals surface area contributed by atoms with Gasteiger partial charge in [0.25, 0.3) is 0 Å². The van der Waals surface area contributed by atoms with Crippen molar-refractivity contribution >= 4 is 5.91 Å². The summed E-state index contributed by atoms with van der Waals surface area (Å²) in [5.74, 6) is -0.0220. The van der Waals surface area contributed by atoms with Crippen molar-refractivity contribution in [1.82, 2.24) is 20.4 Å². The van der Waals surface area contributed by atoms with Gasteiger partial charge < -0.3 is 10.6 Å². The Kier molecular flexibility index (Phi) is 3.47. The summed E-state index contributed by atoms with van der Waals surface area (Å²) in [6.07, 6.45) is 1.71. The first-order valence-electron chi connectivity index (χ1n) is 4.91. The van der Waals surface area contributed by atoms with Crippen molar-refractivity contribution in [1.29, 1.82) is 0 Å². The summed E-state index contributed by atoms with van der Waals surface area (Å²) < 4.78 is 1.74. The fraction of sp³-hybridized carbons (Fsp3) is 0.600. The van der Waals surface area contributed by atoms with Crippen LogP contribution in [0.3, 0.4) is 0 Å². The highest BCUT2D eigenvalue weighted by Crippen LogP contribution is 2.02. The fourth-order valence-corrected chi connectivity index (χ4v) is 1.08. The molecule has 0 saturated carbocycles. The van der Waals surface area contributed by atoms with Crippen molar-refractivity contribution < 1.29 is 4.79 Å². The predicted molar refractivity (Wildman–Crippen MR) is 58.2 cm³/mol. The van der Waals surface area contributed by atoms with E-state index < -0.39 is 5.54 Å². The Labute approximate surface area is 89.9 Å². The van der Waals surface area contributed by atoms with Gasteiger partial charge in [0.05, 0.1) is 17.8 Å². The average molecular weight is 210 g/mol. The smallest absolute Gasteiger partial charge is 0.240 e. The third-order valence-electron chi connectivity index (χ3n) is 2.55. The van der Waals surface area contributed by atoms with E-state index in [-0.39, 0.29) is 5.91 Å². The van der Waals surface area contributed by atoms with Gasteiger partial charge in [-0.2, -0.15) is 5.10 Å². The normalized spacial score (nSPS) is 11.5. The molecule has 1 amide bonds. The minimum absolute atomic E-state index is 0.0220. The van der Waals surface area contributed by atoms with Crippen LogP contribution in [0.15, 0.2) is 12.3 Å². The van der Waals surface area contributed by atoms with Crippen LogP contribution in [0, 0.1) is 0 Å². The molecule has 0 saturated heterocycles. The zero-order valence-electron chi connectivity index (χ0n) is 9.66. The number of amides is 1. The lowest BCUT2D eigenvalue weighted by molar-refractivity contribution is -0.126. The monoisotopic (exact) mass is 210 g/mol. The molecule has 0 bridgehead atoms. The molecule has 2 N–H and O–H groups in total. The van der Waals surface area contributed by atoms with Crippen LogP contribution in [0.1, 0.15) is 19.5 Å². The van der Waals surface area contributed by atoms with Crippen LogP contribution in [0.5, 0.6) is 0 Å². The van der Waals surface area contributed by atoms with Gasteiger partial charge in [-0.15, -0.1) is 0 Å². The molecule has 0 radical (unpaired) electrons. The third-order valence-corrected chi connectivity index (χ3v) is 2.55. The van der Waals surface area contributed by atoms with E-state index in [0.29, 0.717) is 6.54 Å². The van der Waals surface area contributed by atoms with E-state index >= 15 is 0 Å². The second-order valence-electron chi connectivity index (χ2n) is 4.00. The second-order valence-corrected chi connectivity index (χ2v) is 4.00. The molecule has 0 aliphatic heterocycles. The fourth-order valence-electron chi connectivity index (χ4n) is 1.08. The zero-order chi connectivity index (χ0) is 11.5. The zero-order valence-corrected chi connectivity index (χ0v) is 9.66. The lowest BCUT2D eigenvalue weighted by atomic mass is 10.1. The Morgan fingerprint density at radius 2 is 2.27 bits per heavy atom. The van der Waals surface area contributed by atoms with E-state index in [1.165, 1.54) is 0 Å².